The minimum atomic E-state index is -0.792. The van der Waals surface area contributed by atoms with E-state index in [2.05, 4.69) is 19.2 Å². The molecule has 1 spiro atoms. The van der Waals surface area contributed by atoms with Crippen LogP contribution < -0.4 is 11.1 Å². The van der Waals surface area contributed by atoms with Gasteiger partial charge in [-0.05, 0) is 52.0 Å². The van der Waals surface area contributed by atoms with Crippen molar-refractivity contribution in [3.05, 3.63) is 0 Å². The van der Waals surface area contributed by atoms with Gasteiger partial charge in [0.15, 0.2) is 11.9 Å². The molecular weight excluding hydrogens is 296 g/mol. The van der Waals surface area contributed by atoms with E-state index in [9.17, 15) is 0 Å². The Morgan fingerprint density at radius 2 is 2.09 bits per heavy atom. The maximum absolute atomic E-state index is 6.45. The summed E-state index contributed by atoms with van der Waals surface area (Å²) in [5, 5.41) is 3.69. The van der Waals surface area contributed by atoms with E-state index in [1.165, 1.54) is 6.42 Å². The molecule has 132 valence electrons. The zero-order chi connectivity index (χ0) is 16.3. The Hall–Kier alpha value is -0.240. The van der Waals surface area contributed by atoms with Crippen LogP contribution in [0.2, 0.25) is 0 Å². The van der Waals surface area contributed by atoms with Crippen LogP contribution in [0, 0.1) is 11.8 Å². The first-order valence-electron chi connectivity index (χ1n) is 9.09. The number of rotatable bonds is 3. The highest BCUT2D eigenvalue weighted by atomic mass is 17.3. The first-order chi connectivity index (χ1) is 10.9. The van der Waals surface area contributed by atoms with Crippen LogP contribution in [-0.4, -0.2) is 42.4 Å². The molecule has 5 aliphatic rings. The zero-order valence-electron chi connectivity index (χ0n) is 14.5. The van der Waals surface area contributed by atoms with Crippen molar-refractivity contribution < 1.29 is 19.2 Å². The molecule has 0 aromatic heterocycles. The van der Waals surface area contributed by atoms with Crippen LogP contribution in [0.4, 0.5) is 0 Å². The van der Waals surface area contributed by atoms with Gasteiger partial charge in [0.2, 0.25) is 5.79 Å². The summed E-state index contributed by atoms with van der Waals surface area (Å²) >= 11 is 0. The van der Waals surface area contributed by atoms with Crippen molar-refractivity contribution in [2.45, 2.75) is 82.2 Å². The third kappa shape index (κ3) is 2.16. The maximum atomic E-state index is 6.45. The highest BCUT2D eigenvalue weighted by molar-refractivity contribution is 5.18. The van der Waals surface area contributed by atoms with Gasteiger partial charge in [0.1, 0.15) is 0 Å². The Morgan fingerprint density at radius 3 is 2.87 bits per heavy atom. The minimum Gasteiger partial charge on any atom is -0.346 e. The fourth-order valence-corrected chi connectivity index (χ4v) is 5.24. The Labute approximate surface area is 138 Å². The molecule has 23 heavy (non-hydrogen) atoms. The van der Waals surface area contributed by atoms with Gasteiger partial charge in [0.25, 0.3) is 0 Å². The van der Waals surface area contributed by atoms with Gasteiger partial charge in [-0.15, -0.1) is 0 Å². The standard InChI is InChI=1S/C17H30N2O4/c1-11-12-6-4-8-15(2)17(12)14(20-13(11)7-5-9-18)21-16(3,10-19-15)22-23-17/h11-14,19H,4-10,18H2,1-3H3. The number of fused-ring (bicyclic) bond motifs is 2. The first kappa shape index (κ1) is 16.2. The third-order valence-corrected chi connectivity index (χ3v) is 6.68. The molecule has 0 aromatic rings. The van der Waals surface area contributed by atoms with Crippen molar-refractivity contribution >= 4 is 0 Å². The molecule has 5 rings (SSSR count). The molecule has 7 atom stereocenters. The Balaban J connectivity index is 1.73. The smallest absolute Gasteiger partial charge is 0.214 e. The fourth-order valence-electron chi connectivity index (χ4n) is 5.24. The molecule has 6 nitrogen and oxygen atoms in total. The third-order valence-electron chi connectivity index (χ3n) is 6.68. The van der Waals surface area contributed by atoms with Crippen LogP contribution in [0.3, 0.4) is 0 Å². The van der Waals surface area contributed by atoms with Crippen molar-refractivity contribution in [1.29, 1.82) is 0 Å². The van der Waals surface area contributed by atoms with E-state index in [1.54, 1.807) is 0 Å². The van der Waals surface area contributed by atoms with Crippen molar-refractivity contribution in [1.82, 2.24) is 5.32 Å². The predicted molar refractivity (Wildman–Crippen MR) is 84.3 cm³/mol. The largest absolute Gasteiger partial charge is 0.346 e. The average Bonchev–Trinajstić information content (AvgIpc) is 2.71. The van der Waals surface area contributed by atoms with Crippen LogP contribution in [-0.2, 0) is 19.2 Å². The second-order valence-electron chi connectivity index (χ2n) is 8.19. The molecule has 5 fully saturated rings. The summed E-state index contributed by atoms with van der Waals surface area (Å²) in [6.45, 7) is 7.75. The molecule has 4 heterocycles. The number of hydrogen-bond donors (Lipinski definition) is 2. The van der Waals surface area contributed by atoms with Gasteiger partial charge in [0.05, 0.1) is 18.2 Å². The second kappa shape index (κ2) is 5.38. The normalized spacial score (nSPS) is 55.3. The monoisotopic (exact) mass is 326 g/mol. The van der Waals surface area contributed by atoms with Crippen LogP contribution in [0.25, 0.3) is 0 Å². The van der Waals surface area contributed by atoms with Crippen molar-refractivity contribution in [2.24, 2.45) is 17.6 Å². The molecule has 3 N–H and O–H groups in total. The molecule has 6 heteroatoms. The van der Waals surface area contributed by atoms with Gasteiger partial charge < -0.3 is 20.5 Å². The fraction of sp³-hybridized carbons (Fsp3) is 1.00. The SMILES string of the molecule is CC1C(CCCN)OC2OC3(C)CNC4(C)CCCC1C24OO3. The zero-order valence-corrected chi connectivity index (χ0v) is 14.5. The van der Waals surface area contributed by atoms with Gasteiger partial charge in [-0.25, -0.2) is 4.89 Å². The molecular formula is C17H30N2O4. The molecule has 1 aliphatic carbocycles. The summed E-state index contributed by atoms with van der Waals surface area (Å²) in [5.74, 6) is -0.0356. The van der Waals surface area contributed by atoms with E-state index in [4.69, 9.17) is 25.0 Å². The maximum Gasteiger partial charge on any atom is 0.214 e. The van der Waals surface area contributed by atoms with Gasteiger partial charge in [-0.3, -0.25) is 0 Å². The summed E-state index contributed by atoms with van der Waals surface area (Å²) in [7, 11) is 0. The Morgan fingerprint density at radius 1 is 1.26 bits per heavy atom. The molecule has 7 unspecified atom stereocenters. The predicted octanol–water partition coefficient (Wildman–Crippen LogP) is 1.68. The number of hydrogen-bond acceptors (Lipinski definition) is 6. The Bertz CT molecular complexity index is 478. The number of nitrogens with two attached hydrogens (primary N) is 1. The molecule has 0 amide bonds. The van der Waals surface area contributed by atoms with E-state index in [1.807, 2.05) is 6.92 Å². The van der Waals surface area contributed by atoms with Crippen LogP contribution >= 0.6 is 0 Å². The van der Waals surface area contributed by atoms with Gasteiger partial charge in [0, 0.05) is 5.92 Å². The molecule has 0 aromatic carbocycles. The minimum absolute atomic E-state index is 0.174. The lowest BCUT2D eigenvalue weighted by Crippen LogP contribution is -2.76. The Kier molecular flexibility index (Phi) is 3.80. The van der Waals surface area contributed by atoms with E-state index < -0.39 is 11.4 Å². The van der Waals surface area contributed by atoms with E-state index in [-0.39, 0.29) is 17.9 Å². The first-order valence-corrected chi connectivity index (χ1v) is 9.09. The summed E-state index contributed by atoms with van der Waals surface area (Å²) in [5.41, 5.74) is 4.95. The van der Waals surface area contributed by atoms with Crippen LogP contribution in [0.1, 0.15) is 52.9 Å². The van der Waals surface area contributed by atoms with Gasteiger partial charge in [-0.2, -0.15) is 4.89 Å². The summed E-state index contributed by atoms with van der Waals surface area (Å²) in [6.07, 6.45) is 5.11. The summed E-state index contributed by atoms with van der Waals surface area (Å²) in [6, 6.07) is 0. The van der Waals surface area contributed by atoms with Crippen molar-refractivity contribution in [2.75, 3.05) is 13.1 Å². The lowest BCUT2D eigenvalue weighted by atomic mass is 9.58. The van der Waals surface area contributed by atoms with E-state index in [0.29, 0.717) is 24.9 Å². The van der Waals surface area contributed by atoms with E-state index >= 15 is 0 Å². The second-order valence-corrected chi connectivity index (χ2v) is 8.19. The lowest BCUT2D eigenvalue weighted by molar-refractivity contribution is -0.568. The summed E-state index contributed by atoms with van der Waals surface area (Å²) < 4.78 is 12.7. The lowest BCUT2D eigenvalue weighted by Gasteiger charge is -2.62. The molecule has 4 saturated heterocycles. The van der Waals surface area contributed by atoms with Crippen molar-refractivity contribution in [3.63, 3.8) is 0 Å². The highest BCUT2D eigenvalue weighted by Gasteiger charge is 2.72. The summed E-state index contributed by atoms with van der Waals surface area (Å²) in [4.78, 5) is 11.9. The topological polar surface area (TPSA) is 75.0 Å². The van der Waals surface area contributed by atoms with E-state index in [0.717, 1.165) is 25.7 Å². The van der Waals surface area contributed by atoms with Gasteiger partial charge >= 0.3 is 0 Å². The molecule has 1 saturated carbocycles. The number of nitrogens with one attached hydrogen (secondary N) is 1. The highest BCUT2D eigenvalue weighted by Crippen LogP contribution is 2.58. The van der Waals surface area contributed by atoms with Gasteiger partial charge in [-0.1, -0.05) is 13.3 Å². The van der Waals surface area contributed by atoms with Crippen molar-refractivity contribution in [3.8, 4) is 0 Å². The van der Waals surface area contributed by atoms with Crippen LogP contribution in [0.15, 0.2) is 0 Å². The average molecular weight is 326 g/mol. The molecule has 4 aliphatic heterocycles. The van der Waals surface area contributed by atoms with Crippen LogP contribution in [0.5, 0.6) is 0 Å². The molecule has 0 radical (unpaired) electrons. The molecule has 2 bridgehead atoms. The quantitative estimate of drug-likeness (QED) is 0.769. The number of ether oxygens (including phenoxy) is 2.